The van der Waals surface area contributed by atoms with Crippen LogP contribution in [0.5, 0.6) is 5.75 Å². The molecule has 0 saturated carbocycles. The molecule has 2 aliphatic heterocycles. The molecule has 0 amide bonds. The van der Waals surface area contributed by atoms with Gasteiger partial charge in [0.05, 0.1) is 11.8 Å². The number of ether oxygens (including phenoxy) is 1. The first kappa shape index (κ1) is 15.9. The lowest BCUT2D eigenvalue weighted by Crippen LogP contribution is -2.40. The average Bonchev–Trinajstić information content (AvgIpc) is 3.05. The smallest absolute Gasteiger partial charge is 0.188 e. The standard InChI is InChI=1S/C19H19ClN2OS/c1-24-10-9-19-22-17(15-7-2-3-8-18(15)23-19)12-16(21-22)13-5-4-6-14(20)11-13/h2-8,11,17,19H,9-10,12H2,1H3/t17-,19-/m1/s1. The molecule has 0 N–H and O–H groups in total. The highest BCUT2D eigenvalue weighted by atomic mass is 35.5. The van der Waals surface area contributed by atoms with E-state index in [-0.39, 0.29) is 12.3 Å². The van der Waals surface area contributed by atoms with Crippen molar-refractivity contribution in [2.45, 2.75) is 25.1 Å². The first-order valence-corrected chi connectivity index (χ1v) is 9.89. The van der Waals surface area contributed by atoms with E-state index in [0.29, 0.717) is 0 Å². The summed E-state index contributed by atoms with van der Waals surface area (Å²) < 4.78 is 6.24. The summed E-state index contributed by atoms with van der Waals surface area (Å²) in [6.07, 6.45) is 3.96. The summed E-state index contributed by atoms with van der Waals surface area (Å²) >= 11 is 8.00. The highest BCUT2D eigenvalue weighted by molar-refractivity contribution is 7.98. The number of halogens is 1. The lowest BCUT2D eigenvalue weighted by Gasteiger charge is -2.38. The summed E-state index contributed by atoms with van der Waals surface area (Å²) in [5, 5.41) is 7.81. The van der Waals surface area contributed by atoms with Gasteiger partial charge in [0.15, 0.2) is 6.23 Å². The Hall–Kier alpha value is -1.65. The third-order valence-electron chi connectivity index (χ3n) is 4.51. The van der Waals surface area contributed by atoms with E-state index in [1.807, 2.05) is 36.0 Å². The van der Waals surface area contributed by atoms with Crippen LogP contribution in [0.4, 0.5) is 0 Å². The Labute approximate surface area is 151 Å². The zero-order valence-corrected chi connectivity index (χ0v) is 15.1. The minimum atomic E-state index is -0.00552. The summed E-state index contributed by atoms with van der Waals surface area (Å²) in [7, 11) is 0. The highest BCUT2D eigenvalue weighted by Crippen LogP contribution is 2.43. The number of fused-ring (bicyclic) bond motifs is 3. The van der Waals surface area contributed by atoms with Gasteiger partial charge in [0.25, 0.3) is 0 Å². The highest BCUT2D eigenvalue weighted by Gasteiger charge is 2.39. The second kappa shape index (κ2) is 6.69. The molecule has 0 unspecified atom stereocenters. The van der Waals surface area contributed by atoms with E-state index in [1.54, 1.807) is 0 Å². The van der Waals surface area contributed by atoms with Crippen molar-refractivity contribution in [2.75, 3.05) is 12.0 Å². The molecular weight excluding hydrogens is 340 g/mol. The lowest BCUT2D eigenvalue weighted by molar-refractivity contribution is -0.0180. The molecule has 2 aromatic rings. The third-order valence-corrected chi connectivity index (χ3v) is 5.38. The van der Waals surface area contributed by atoms with Crippen LogP contribution in [-0.2, 0) is 0 Å². The molecule has 3 nitrogen and oxygen atoms in total. The number of thioether (sulfide) groups is 1. The van der Waals surface area contributed by atoms with Crippen LogP contribution in [-0.4, -0.2) is 29.0 Å². The van der Waals surface area contributed by atoms with Gasteiger partial charge in [-0.15, -0.1) is 0 Å². The Balaban J connectivity index is 1.69. The normalized spacial score (nSPS) is 21.8. The number of hydrogen-bond donors (Lipinski definition) is 0. The Bertz CT molecular complexity index is 779. The van der Waals surface area contributed by atoms with Crippen LogP contribution in [0.25, 0.3) is 0 Å². The first-order chi connectivity index (χ1) is 11.8. The molecule has 2 heterocycles. The van der Waals surface area contributed by atoms with Crippen molar-refractivity contribution in [3.63, 3.8) is 0 Å². The van der Waals surface area contributed by atoms with Gasteiger partial charge in [0.2, 0.25) is 0 Å². The Morgan fingerprint density at radius 3 is 2.96 bits per heavy atom. The van der Waals surface area contributed by atoms with Gasteiger partial charge in [-0.25, -0.2) is 0 Å². The van der Waals surface area contributed by atoms with Crippen molar-refractivity contribution in [3.05, 3.63) is 64.7 Å². The van der Waals surface area contributed by atoms with Crippen molar-refractivity contribution in [1.29, 1.82) is 0 Å². The number of benzene rings is 2. The number of rotatable bonds is 4. The summed E-state index contributed by atoms with van der Waals surface area (Å²) in [6.45, 7) is 0. The van der Waals surface area contributed by atoms with Gasteiger partial charge in [-0.1, -0.05) is 41.9 Å². The van der Waals surface area contributed by atoms with Crippen LogP contribution in [0.3, 0.4) is 0 Å². The van der Waals surface area contributed by atoms with Gasteiger partial charge >= 0.3 is 0 Å². The topological polar surface area (TPSA) is 24.8 Å². The van der Waals surface area contributed by atoms with Gasteiger partial charge in [-0.05, 0) is 35.8 Å². The molecule has 0 fully saturated rings. The van der Waals surface area contributed by atoms with Gasteiger partial charge in [-0.3, -0.25) is 5.01 Å². The van der Waals surface area contributed by atoms with Gasteiger partial charge in [-0.2, -0.15) is 16.9 Å². The van der Waals surface area contributed by atoms with Crippen LogP contribution >= 0.6 is 23.4 Å². The fraction of sp³-hybridized carbons (Fsp3) is 0.316. The minimum absolute atomic E-state index is 0.00552. The van der Waals surface area contributed by atoms with Crippen LogP contribution < -0.4 is 4.74 Å². The van der Waals surface area contributed by atoms with Crippen LogP contribution in [0.1, 0.15) is 30.0 Å². The molecule has 5 heteroatoms. The molecule has 0 bridgehead atoms. The van der Waals surface area contributed by atoms with E-state index in [2.05, 4.69) is 35.5 Å². The quantitative estimate of drug-likeness (QED) is 0.772. The van der Waals surface area contributed by atoms with Crippen molar-refractivity contribution < 1.29 is 4.74 Å². The molecule has 0 aromatic heterocycles. The maximum atomic E-state index is 6.24. The van der Waals surface area contributed by atoms with Gasteiger partial charge < -0.3 is 4.74 Å². The molecule has 2 aliphatic rings. The second-order valence-corrected chi connectivity index (χ2v) is 7.47. The third kappa shape index (κ3) is 2.89. The second-order valence-electron chi connectivity index (χ2n) is 6.05. The molecule has 0 radical (unpaired) electrons. The molecule has 0 aliphatic carbocycles. The SMILES string of the molecule is CSCC[C@H]1Oc2ccccc2[C@H]2CC(c3cccc(Cl)c3)=NN21. The van der Waals surface area contributed by atoms with E-state index in [9.17, 15) is 0 Å². The minimum Gasteiger partial charge on any atom is -0.469 e. The Morgan fingerprint density at radius 2 is 2.12 bits per heavy atom. The predicted molar refractivity (Wildman–Crippen MR) is 101 cm³/mol. The van der Waals surface area contributed by atoms with E-state index < -0.39 is 0 Å². The summed E-state index contributed by atoms with van der Waals surface area (Å²) in [5.41, 5.74) is 3.40. The molecule has 2 atom stereocenters. The predicted octanol–water partition coefficient (Wildman–Crippen LogP) is 4.96. The average molecular weight is 359 g/mol. The largest absolute Gasteiger partial charge is 0.469 e. The van der Waals surface area contributed by atoms with Crippen molar-refractivity contribution >= 4 is 29.1 Å². The number of para-hydroxylation sites is 1. The van der Waals surface area contributed by atoms with E-state index in [1.165, 1.54) is 5.56 Å². The van der Waals surface area contributed by atoms with Crippen molar-refractivity contribution in [3.8, 4) is 5.75 Å². The van der Waals surface area contributed by atoms with Gasteiger partial charge in [0.1, 0.15) is 5.75 Å². The maximum Gasteiger partial charge on any atom is 0.188 e. The Kier molecular flexibility index (Phi) is 4.42. The Morgan fingerprint density at radius 1 is 1.25 bits per heavy atom. The molecule has 2 aromatic carbocycles. The molecule has 0 spiro atoms. The van der Waals surface area contributed by atoms with Crippen LogP contribution in [0.2, 0.25) is 5.02 Å². The summed E-state index contributed by atoms with van der Waals surface area (Å²) in [4.78, 5) is 0. The number of hydrazone groups is 1. The number of nitrogens with zero attached hydrogens (tertiary/aromatic N) is 2. The van der Waals surface area contributed by atoms with Gasteiger partial charge in [0, 0.05) is 23.4 Å². The molecule has 0 saturated heterocycles. The number of hydrogen-bond acceptors (Lipinski definition) is 4. The van der Waals surface area contributed by atoms with E-state index in [0.717, 1.165) is 40.6 Å². The van der Waals surface area contributed by atoms with E-state index >= 15 is 0 Å². The summed E-state index contributed by atoms with van der Waals surface area (Å²) in [6, 6.07) is 16.5. The van der Waals surface area contributed by atoms with Crippen molar-refractivity contribution in [2.24, 2.45) is 5.10 Å². The zero-order chi connectivity index (χ0) is 16.5. The first-order valence-electron chi connectivity index (χ1n) is 8.12. The monoisotopic (exact) mass is 358 g/mol. The van der Waals surface area contributed by atoms with Crippen molar-refractivity contribution in [1.82, 2.24) is 5.01 Å². The van der Waals surface area contributed by atoms with Crippen LogP contribution in [0, 0.1) is 0 Å². The van der Waals surface area contributed by atoms with Crippen LogP contribution in [0.15, 0.2) is 53.6 Å². The fourth-order valence-corrected chi connectivity index (χ4v) is 3.99. The molecule has 124 valence electrons. The molecular formula is C19H19ClN2OS. The lowest BCUT2D eigenvalue weighted by atomic mass is 9.96. The maximum absolute atomic E-state index is 6.24. The van der Waals surface area contributed by atoms with E-state index in [4.69, 9.17) is 21.4 Å². The molecule has 4 rings (SSSR count). The fourth-order valence-electron chi connectivity index (χ4n) is 3.36. The zero-order valence-electron chi connectivity index (χ0n) is 13.5. The molecule has 24 heavy (non-hydrogen) atoms. The summed E-state index contributed by atoms with van der Waals surface area (Å²) in [5.74, 6) is 2.05.